The Morgan fingerprint density at radius 2 is 1.67 bits per heavy atom. The van der Waals surface area contributed by atoms with Crippen LogP contribution in [0.1, 0.15) is 11.1 Å². The van der Waals surface area contributed by atoms with Crippen LogP contribution in [0, 0.1) is 6.92 Å². The number of carbonyl (C=O) groups excluding carboxylic acids is 1. The lowest BCUT2D eigenvalue weighted by atomic mass is 10.2. The minimum atomic E-state index is -1.81. The van der Waals surface area contributed by atoms with Crippen LogP contribution >= 0.6 is 47.0 Å². The summed E-state index contributed by atoms with van der Waals surface area (Å²) in [5.74, 6) is -0.429. The van der Waals surface area contributed by atoms with E-state index >= 15 is 0 Å². The number of hydrogen-bond acceptors (Lipinski definition) is 2. The monoisotopic (exact) mass is 441 g/mol. The Hall–Kier alpha value is -1.79. The van der Waals surface area contributed by atoms with Crippen molar-refractivity contribution in [1.82, 2.24) is 10.6 Å². The van der Waals surface area contributed by atoms with E-state index in [0.29, 0.717) is 0 Å². The molecule has 1 amide bonds. The molecule has 27 heavy (non-hydrogen) atoms. The van der Waals surface area contributed by atoms with Gasteiger partial charge in [0.15, 0.2) is 5.11 Å². The molecule has 4 nitrogen and oxygen atoms in total. The normalized spacial score (nSPS) is 12.4. The minimum Gasteiger partial charge on any atom is -0.339 e. The second kappa shape index (κ2) is 9.95. The van der Waals surface area contributed by atoms with Gasteiger partial charge in [-0.1, -0.05) is 83.3 Å². The van der Waals surface area contributed by atoms with Crippen molar-refractivity contribution >= 4 is 69.8 Å². The van der Waals surface area contributed by atoms with Crippen LogP contribution in [0.3, 0.4) is 0 Å². The number of anilines is 1. The quantitative estimate of drug-likeness (QED) is 0.269. The lowest BCUT2D eigenvalue weighted by Crippen LogP contribution is -2.55. The predicted octanol–water partition coefficient (Wildman–Crippen LogP) is 4.81. The van der Waals surface area contributed by atoms with Crippen LogP contribution in [-0.4, -0.2) is 21.0 Å². The molecule has 0 aliphatic heterocycles. The van der Waals surface area contributed by atoms with E-state index in [0.717, 1.165) is 16.8 Å². The zero-order chi connectivity index (χ0) is 19.9. The van der Waals surface area contributed by atoms with Gasteiger partial charge in [0.1, 0.15) is 6.17 Å². The fraction of sp³-hybridized carbons (Fsp3) is 0.158. The van der Waals surface area contributed by atoms with Crippen molar-refractivity contribution in [3.8, 4) is 0 Å². The van der Waals surface area contributed by atoms with E-state index < -0.39 is 15.9 Å². The predicted molar refractivity (Wildman–Crippen MR) is 118 cm³/mol. The smallest absolute Gasteiger partial charge is 0.245 e. The second-order valence-corrected chi connectivity index (χ2v) is 8.42. The molecule has 0 spiro atoms. The summed E-state index contributed by atoms with van der Waals surface area (Å²) in [6.07, 6.45) is 1.99. The first-order valence-electron chi connectivity index (χ1n) is 7.99. The molecule has 0 fully saturated rings. The molecular weight excluding hydrogens is 425 g/mol. The molecule has 0 unspecified atom stereocenters. The average molecular weight is 443 g/mol. The van der Waals surface area contributed by atoms with E-state index in [1.165, 1.54) is 6.08 Å². The first kappa shape index (κ1) is 21.5. The topological polar surface area (TPSA) is 53.2 Å². The summed E-state index contributed by atoms with van der Waals surface area (Å²) in [6.45, 7) is 1.94. The number of aryl methyl sites for hydroxylation is 1. The zero-order valence-corrected chi connectivity index (χ0v) is 17.5. The summed E-state index contributed by atoms with van der Waals surface area (Å²) >= 11 is 23.2. The number of benzene rings is 2. The van der Waals surface area contributed by atoms with Gasteiger partial charge in [-0.05, 0) is 42.4 Å². The number of nitrogens with one attached hydrogen (secondary N) is 3. The Kier molecular flexibility index (Phi) is 7.92. The third-order valence-electron chi connectivity index (χ3n) is 3.51. The van der Waals surface area contributed by atoms with Gasteiger partial charge in [-0.2, -0.15) is 0 Å². The molecule has 0 saturated heterocycles. The zero-order valence-electron chi connectivity index (χ0n) is 14.4. The molecule has 3 N–H and O–H groups in total. The van der Waals surface area contributed by atoms with Crippen molar-refractivity contribution in [2.75, 3.05) is 5.32 Å². The Morgan fingerprint density at radius 3 is 2.30 bits per heavy atom. The van der Waals surface area contributed by atoms with Crippen molar-refractivity contribution in [2.45, 2.75) is 16.9 Å². The van der Waals surface area contributed by atoms with E-state index in [1.807, 2.05) is 61.5 Å². The fourth-order valence-electron chi connectivity index (χ4n) is 2.13. The highest BCUT2D eigenvalue weighted by Gasteiger charge is 2.34. The maximum atomic E-state index is 12.2. The van der Waals surface area contributed by atoms with Crippen molar-refractivity contribution < 1.29 is 4.79 Å². The highest BCUT2D eigenvalue weighted by Crippen LogP contribution is 2.29. The summed E-state index contributed by atoms with van der Waals surface area (Å²) in [6, 6.07) is 17.0. The van der Waals surface area contributed by atoms with Gasteiger partial charge in [-0.3, -0.25) is 4.79 Å². The summed E-state index contributed by atoms with van der Waals surface area (Å²) in [7, 11) is 0. The maximum Gasteiger partial charge on any atom is 0.245 e. The molecule has 0 saturated carbocycles. The number of carbonyl (C=O) groups is 1. The number of rotatable bonds is 5. The van der Waals surface area contributed by atoms with Crippen molar-refractivity contribution in [3.63, 3.8) is 0 Å². The van der Waals surface area contributed by atoms with Gasteiger partial charge in [-0.25, -0.2) is 0 Å². The number of halogens is 3. The lowest BCUT2D eigenvalue weighted by Gasteiger charge is -2.27. The molecule has 0 bridgehead atoms. The van der Waals surface area contributed by atoms with Gasteiger partial charge >= 0.3 is 0 Å². The van der Waals surface area contributed by atoms with E-state index in [-0.39, 0.29) is 5.11 Å². The number of para-hydroxylation sites is 1. The minimum absolute atomic E-state index is 0.216. The van der Waals surface area contributed by atoms with Crippen molar-refractivity contribution in [2.24, 2.45) is 0 Å². The molecule has 2 rings (SSSR count). The first-order chi connectivity index (χ1) is 12.8. The Labute approximate surface area is 178 Å². The number of alkyl halides is 3. The van der Waals surface area contributed by atoms with Crippen LogP contribution in [0.25, 0.3) is 6.08 Å². The third kappa shape index (κ3) is 7.39. The van der Waals surface area contributed by atoms with Crippen LogP contribution in [0.4, 0.5) is 5.69 Å². The highest BCUT2D eigenvalue weighted by atomic mass is 35.6. The fourth-order valence-corrected chi connectivity index (χ4v) is 2.68. The van der Waals surface area contributed by atoms with Crippen LogP contribution in [0.2, 0.25) is 0 Å². The van der Waals surface area contributed by atoms with E-state index in [4.69, 9.17) is 47.0 Å². The molecule has 0 radical (unpaired) electrons. The van der Waals surface area contributed by atoms with E-state index in [2.05, 4.69) is 16.0 Å². The molecule has 0 aromatic heterocycles. The number of hydrogen-bond donors (Lipinski definition) is 3. The van der Waals surface area contributed by atoms with Gasteiger partial charge < -0.3 is 16.0 Å². The lowest BCUT2D eigenvalue weighted by molar-refractivity contribution is -0.117. The van der Waals surface area contributed by atoms with Gasteiger partial charge in [0.05, 0.1) is 0 Å². The standard InChI is InChI=1S/C19H18Cl3N3OS/c1-13-7-5-6-10-15(13)23-18(27)25-17(19(20,21)22)24-16(26)12-11-14-8-3-2-4-9-14/h2-12,17H,1H3,(H,24,26)(H2,23,25,27)/b12-11-/t17-/m0/s1. The summed E-state index contributed by atoms with van der Waals surface area (Å²) in [5, 5.41) is 8.65. The van der Waals surface area contributed by atoms with Crippen LogP contribution in [0.15, 0.2) is 60.7 Å². The molecule has 8 heteroatoms. The number of amides is 1. The molecule has 2 aromatic rings. The maximum absolute atomic E-state index is 12.2. The molecule has 0 heterocycles. The van der Waals surface area contributed by atoms with Gasteiger partial charge in [-0.15, -0.1) is 0 Å². The third-order valence-corrected chi connectivity index (χ3v) is 4.38. The first-order valence-corrected chi connectivity index (χ1v) is 9.53. The summed E-state index contributed by atoms with van der Waals surface area (Å²) in [5.41, 5.74) is 2.69. The van der Waals surface area contributed by atoms with Crippen LogP contribution in [0.5, 0.6) is 0 Å². The van der Waals surface area contributed by atoms with E-state index in [1.54, 1.807) is 6.08 Å². The molecule has 1 atom stereocenters. The Morgan fingerprint density at radius 1 is 1.04 bits per heavy atom. The largest absolute Gasteiger partial charge is 0.339 e. The van der Waals surface area contributed by atoms with Crippen molar-refractivity contribution in [3.05, 3.63) is 71.8 Å². The molecule has 0 aliphatic carbocycles. The molecule has 2 aromatic carbocycles. The van der Waals surface area contributed by atoms with Gasteiger partial charge in [0, 0.05) is 11.8 Å². The SMILES string of the molecule is Cc1ccccc1NC(=S)N[C@H](NC(=O)/C=C\c1ccccc1)C(Cl)(Cl)Cl. The summed E-state index contributed by atoms with van der Waals surface area (Å²) < 4.78 is -1.81. The van der Waals surface area contributed by atoms with Gasteiger partial charge in [0.25, 0.3) is 0 Å². The number of thiocarbonyl (C=S) groups is 1. The highest BCUT2D eigenvalue weighted by molar-refractivity contribution is 7.80. The second-order valence-electron chi connectivity index (χ2n) is 5.64. The Bertz CT molecular complexity index is 822. The Balaban J connectivity index is 2.00. The molecule has 142 valence electrons. The van der Waals surface area contributed by atoms with Crippen LogP contribution < -0.4 is 16.0 Å². The average Bonchev–Trinajstić information content (AvgIpc) is 2.61. The van der Waals surface area contributed by atoms with Gasteiger partial charge in [0.2, 0.25) is 9.70 Å². The molecular formula is C19H18Cl3N3OS. The summed E-state index contributed by atoms with van der Waals surface area (Å²) in [4.78, 5) is 12.2. The van der Waals surface area contributed by atoms with Crippen molar-refractivity contribution in [1.29, 1.82) is 0 Å². The van der Waals surface area contributed by atoms with Crippen LogP contribution in [-0.2, 0) is 4.79 Å². The molecule has 0 aliphatic rings. The van der Waals surface area contributed by atoms with E-state index in [9.17, 15) is 4.79 Å².